The summed E-state index contributed by atoms with van der Waals surface area (Å²) in [4.78, 5) is 14.6. The number of rotatable bonds is 3. The summed E-state index contributed by atoms with van der Waals surface area (Å²) >= 11 is 0. The van der Waals surface area contributed by atoms with Crippen LogP contribution in [0.3, 0.4) is 0 Å². The smallest absolute Gasteiger partial charge is 0.243 e. The Morgan fingerprint density at radius 3 is 2.26 bits per heavy atom. The molecule has 3 rings (SSSR count). The van der Waals surface area contributed by atoms with Gasteiger partial charge >= 0.3 is 0 Å². The number of morpholine rings is 1. The first kappa shape index (κ1) is 20.3. The van der Waals surface area contributed by atoms with E-state index in [1.54, 1.807) is 17.0 Å². The van der Waals surface area contributed by atoms with Gasteiger partial charge < -0.3 is 15.0 Å². The molecule has 2 aliphatic heterocycles. The summed E-state index contributed by atoms with van der Waals surface area (Å²) in [6.45, 7) is 9.35. The molecule has 1 N–H and O–H groups in total. The van der Waals surface area contributed by atoms with E-state index in [0.29, 0.717) is 50.8 Å². The predicted octanol–water partition coefficient (Wildman–Crippen LogP) is 0.805. The summed E-state index contributed by atoms with van der Waals surface area (Å²) in [5.74, 6) is -0.0127. The number of hydrogen-bond donors (Lipinski definition) is 1. The van der Waals surface area contributed by atoms with Crippen LogP contribution in [0.25, 0.3) is 0 Å². The average molecular weight is 396 g/mol. The molecule has 0 radical (unpaired) electrons. The lowest BCUT2D eigenvalue weighted by molar-refractivity contribution is -0.137. The Kier molecular flexibility index (Phi) is 5.90. The highest BCUT2D eigenvalue weighted by Crippen LogP contribution is 2.25. The standard InChI is InChI=1S/C19H29N3O4S/c1-19(2,3)15-4-6-16(7-5-15)27(24,25)22-11-9-21(10-12-22)18(23)17-14-26-13-8-20-17/h4-7,17,20H,8-14H2,1-3H3. The van der Waals surface area contributed by atoms with E-state index < -0.39 is 10.0 Å². The molecular formula is C19H29N3O4S. The highest BCUT2D eigenvalue weighted by atomic mass is 32.2. The number of sulfonamides is 1. The third-order valence-corrected chi connectivity index (χ3v) is 7.04. The molecule has 8 heteroatoms. The first-order valence-electron chi connectivity index (χ1n) is 9.40. The van der Waals surface area contributed by atoms with E-state index in [-0.39, 0.29) is 17.4 Å². The fraction of sp³-hybridized carbons (Fsp3) is 0.632. The van der Waals surface area contributed by atoms with Gasteiger partial charge in [-0.2, -0.15) is 4.31 Å². The molecule has 1 amide bonds. The lowest BCUT2D eigenvalue weighted by Crippen LogP contribution is -2.57. The van der Waals surface area contributed by atoms with E-state index in [9.17, 15) is 13.2 Å². The van der Waals surface area contributed by atoms with Gasteiger partial charge in [0.2, 0.25) is 15.9 Å². The summed E-state index contributed by atoms with van der Waals surface area (Å²) in [5, 5.41) is 3.15. The van der Waals surface area contributed by atoms with Crippen LogP contribution >= 0.6 is 0 Å². The summed E-state index contributed by atoms with van der Waals surface area (Å²) in [6.07, 6.45) is 0. The zero-order valence-corrected chi connectivity index (χ0v) is 17.1. The third-order valence-electron chi connectivity index (χ3n) is 5.13. The second kappa shape index (κ2) is 7.87. The molecule has 150 valence electrons. The Morgan fingerprint density at radius 2 is 1.74 bits per heavy atom. The number of amides is 1. The van der Waals surface area contributed by atoms with Crippen LogP contribution in [-0.2, 0) is 25.0 Å². The largest absolute Gasteiger partial charge is 0.378 e. The van der Waals surface area contributed by atoms with Crippen LogP contribution in [0, 0.1) is 0 Å². The van der Waals surface area contributed by atoms with E-state index >= 15 is 0 Å². The van der Waals surface area contributed by atoms with Crippen molar-refractivity contribution < 1.29 is 17.9 Å². The second-order valence-corrected chi connectivity index (χ2v) is 10.0. The molecule has 2 aliphatic rings. The summed E-state index contributed by atoms with van der Waals surface area (Å²) < 4.78 is 32.6. The monoisotopic (exact) mass is 395 g/mol. The molecule has 1 atom stereocenters. The molecule has 27 heavy (non-hydrogen) atoms. The number of hydrogen-bond acceptors (Lipinski definition) is 5. The number of carbonyl (C=O) groups is 1. The van der Waals surface area contributed by atoms with Gasteiger partial charge in [0.05, 0.1) is 18.1 Å². The van der Waals surface area contributed by atoms with Crippen LogP contribution in [-0.4, -0.2) is 75.5 Å². The van der Waals surface area contributed by atoms with Crippen LogP contribution in [0.15, 0.2) is 29.2 Å². The fourth-order valence-corrected chi connectivity index (χ4v) is 4.79. The highest BCUT2D eigenvalue weighted by Gasteiger charge is 2.33. The van der Waals surface area contributed by atoms with Gasteiger partial charge in [0.15, 0.2) is 0 Å². The van der Waals surface area contributed by atoms with E-state index in [0.717, 1.165) is 5.56 Å². The fourth-order valence-electron chi connectivity index (χ4n) is 3.37. The summed E-state index contributed by atoms with van der Waals surface area (Å²) in [7, 11) is -3.54. The van der Waals surface area contributed by atoms with Crippen LogP contribution < -0.4 is 5.32 Å². The van der Waals surface area contributed by atoms with Crippen molar-refractivity contribution in [3.05, 3.63) is 29.8 Å². The van der Waals surface area contributed by atoms with Gasteiger partial charge in [-0.3, -0.25) is 4.79 Å². The molecule has 2 saturated heterocycles. The van der Waals surface area contributed by atoms with E-state index in [4.69, 9.17) is 4.74 Å². The predicted molar refractivity (Wildman–Crippen MR) is 103 cm³/mol. The van der Waals surface area contributed by atoms with Gasteiger partial charge in [0.25, 0.3) is 0 Å². The minimum atomic E-state index is -3.54. The Bertz CT molecular complexity index is 757. The summed E-state index contributed by atoms with van der Waals surface area (Å²) in [6, 6.07) is 6.78. The normalized spacial score (nSPS) is 22.6. The molecule has 0 aliphatic carbocycles. The maximum atomic E-state index is 12.9. The van der Waals surface area contributed by atoms with Crippen molar-refractivity contribution >= 4 is 15.9 Å². The third kappa shape index (κ3) is 4.51. The van der Waals surface area contributed by atoms with E-state index in [2.05, 4.69) is 26.1 Å². The zero-order chi connectivity index (χ0) is 19.7. The first-order valence-corrected chi connectivity index (χ1v) is 10.8. The molecule has 0 spiro atoms. The van der Waals surface area contributed by atoms with Crippen molar-refractivity contribution in [2.24, 2.45) is 0 Å². The quantitative estimate of drug-likeness (QED) is 0.819. The number of benzene rings is 1. The van der Waals surface area contributed by atoms with Crippen molar-refractivity contribution in [1.29, 1.82) is 0 Å². The van der Waals surface area contributed by atoms with Crippen molar-refractivity contribution in [3.8, 4) is 0 Å². The average Bonchev–Trinajstić information content (AvgIpc) is 2.67. The molecule has 0 aromatic heterocycles. The van der Waals surface area contributed by atoms with Gasteiger partial charge in [-0.15, -0.1) is 0 Å². The van der Waals surface area contributed by atoms with E-state index in [1.165, 1.54) is 4.31 Å². The minimum Gasteiger partial charge on any atom is -0.378 e. The highest BCUT2D eigenvalue weighted by molar-refractivity contribution is 7.89. The van der Waals surface area contributed by atoms with Gasteiger partial charge in [0, 0.05) is 32.7 Å². The maximum absolute atomic E-state index is 12.9. The van der Waals surface area contributed by atoms with Gasteiger partial charge in [-0.05, 0) is 23.1 Å². The Balaban J connectivity index is 1.63. The number of piperazine rings is 1. The maximum Gasteiger partial charge on any atom is 0.243 e. The molecule has 2 fully saturated rings. The van der Waals surface area contributed by atoms with E-state index in [1.807, 2.05) is 12.1 Å². The molecule has 1 aromatic rings. The lowest BCUT2D eigenvalue weighted by atomic mass is 9.87. The molecule has 1 aromatic carbocycles. The van der Waals surface area contributed by atoms with Crippen LogP contribution in [0.2, 0.25) is 0 Å². The Labute approximate surface area is 161 Å². The first-order chi connectivity index (χ1) is 12.7. The van der Waals surface area contributed by atoms with Gasteiger partial charge in [-0.25, -0.2) is 8.42 Å². The molecule has 0 saturated carbocycles. The van der Waals surface area contributed by atoms with Crippen LogP contribution in [0.1, 0.15) is 26.3 Å². The lowest BCUT2D eigenvalue weighted by Gasteiger charge is -2.36. The topological polar surface area (TPSA) is 79.0 Å². The van der Waals surface area contributed by atoms with Crippen molar-refractivity contribution in [1.82, 2.24) is 14.5 Å². The Hall–Kier alpha value is -1.48. The van der Waals surface area contributed by atoms with Crippen molar-refractivity contribution in [2.45, 2.75) is 37.1 Å². The molecule has 2 heterocycles. The molecule has 0 bridgehead atoms. The van der Waals surface area contributed by atoms with Crippen LogP contribution in [0.5, 0.6) is 0 Å². The zero-order valence-electron chi connectivity index (χ0n) is 16.3. The van der Waals surface area contributed by atoms with Crippen molar-refractivity contribution in [3.63, 3.8) is 0 Å². The number of nitrogens with zero attached hydrogens (tertiary/aromatic N) is 2. The second-order valence-electron chi connectivity index (χ2n) is 8.09. The molecule has 7 nitrogen and oxygen atoms in total. The SMILES string of the molecule is CC(C)(C)c1ccc(S(=O)(=O)N2CCN(C(=O)C3COCCN3)CC2)cc1. The minimum absolute atomic E-state index is 0.0127. The van der Waals surface area contributed by atoms with Crippen LogP contribution in [0.4, 0.5) is 0 Å². The molecular weight excluding hydrogens is 366 g/mol. The van der Waals surface area contributed by atoms with Gasteiger partial charge in [-0.1, -0.05) is 32.9 Å². The Morgan fingerprint density at radius 1 is 1.11 bits per heavy atom. The number of carbonyl (C=O) groups excluding carboxylic acids is 1. The van der Waals surface area contributed by atoms with Crippen molar-refractivity contribution in [2.75, 3.05) is 45.9 Å². The summed E-state index contributed by atoms with van der Waals surface area (Å²) in [5.41, 5.74) is 1.07. The number of ether oxygens (including phenoxy) is 1. The molecule has 1 unspecified atom stereocenters. The number of nitrogens with one attached hydrogen (secondary N) is 1. The van der Waals surface area contributed by atoms with Gasteiger partial charge in [0.1, 0.15) is 6.04 Å².